The second-order valence-electron chi connectivity index (χ2n) is 6.07. The lowest BCUT2D eigenvalue weighted by atomic mass is 10.2. The molecule has 128 valence electrons. The van der Waals surface area contributed by atoms with Gasteiger partial charge in [0.25, 0.3) is 0 Å². The van der Waals surface area contributed by atoms with Crippen LogP contribution in [0.1, 0.15) is 12.0 Å². The number of benzene rings is 1. The maximum Gasteiger partial charge on any atom is 0.387 e. The maximum absolute atomic E-state index is 12.6. The van der Waals surface area contributed by atoms with E-state index >= 15 is 0 Å². The number of alkyl halides is 2. The zero-order chi connectivity index (χ0) is 16.2. The first-order chi connectivity index (χ1) is 11.1. The summed E-state index contributed by atoms with van der Waals surface area (Å²) in [6.07, 6.45) is 1.14. The van der Waals surface area contributed by atoms with Gasteiger partial charge in [0.1, 0.15) is 5.75 Å². The first-order valence-corrected chi connectivity index (χ1v) is 8.82. The Morgan fingerprint density at radius 1 is 1.26 bits per heavy atom. The van der Waals surface area contributed by atoms with Crippen LogP contribution in [0.4, 0.5) is 8.78 Å². The predicted octanol–water partition coefficient (Wildman–Crippen LogP) is 2.53. The predicted molar refractivity (Wildman–Crippen MR) is 88.9 cm³/mol. The van der Waals surface area contributed by atoms with Gasteiger partial charge in [-0.05, 0) is 28.4 Å². The number of piperazine rings is 1. The van der Waals surface area contributed by atoms with Crippen molar-refractivity contribution in [2.75, 3.05) is 39.3 Å². The van der Waals surface area contributed by atoms with Gasteiger partial charge < -0.3 is 10.1 Å². The summed E-state index contributed by atoms with van der Waals surface area (Å²) >= 11 is 3.31. The highest BCUT2D eigenvalue weighted by Gasteiger charge is 2.29. The lowest BCUT2D eigenvalue weighted by Gasteiger charge is -2.32. The van der Waals surface area contributed by atoms with E-state index in [4.69, 9.17) is 4.74 Å². The summed E-state index contributed by atoms with van der Waals surface area (Å²) in [5.41, 5.74) is 0.806. The van der Waals surface area contributed by atoms with E-state index in [1.807, 2.05) is 12.1 Å². The third-order valence-electron chi connectivity index (χ3n) is 4.56. The molecule has 0 bridgehead atoms. The van der Waals surface area contributed by atoms with Crippen molar-refractivity contribution in [1.29, 1.82) is 0 Å². The Morgan fingerprint density at radius 2 is 2.04 bits per heavy atom. The molecule has 1 aromatic rings. The van der Waals surface area contributed by atoms with Crippen molar-refractivity contribution in [3.05, 3.63) is 28.2 Å². The molecular weight excluding hydrogens is 368 g/mol. The Labute approximate surface area is 143 Å². The third kappa shape index (κ3) is 4.41. The van der Waals surface area contributed by atoms with Crippen LogP contribution in [0.25, 0.3) is 0 Å². The fourth-order valence-electron chi connectivity index (χ4n) is 3.44. The topological polar surface area (TPSA) is 27.7 Å². The van der Waals surface area contributed by atoms with E-state index in [0.717, 1.165) is 51.3 Å². The van der Waals surface area contributed by atoms with Gasteiger partial charge in [-0.15, -0.1) is 0 Å². The van der Waals surface area contributed by atoms with E-state index in [0.29, 0.717) is 17.1 Å². The Kier molecular flexibility index (Phi) is 5.85. The van der Waals surface area contributed by atoms with Crippen LogP contribution < -0.4 is 10.1 Å². The minimum Gasteiger partial charge on any atom is -0.433 e. The van der Waals surface area contributed by atoms with Crippen molar-refractivity contribution in [2.24, 2.45) is 0 Å². The zero-order valence-electron chi connectivity index (χ0n) is 13.0. The molecule has 0 spiro atoms. The zero-order valence-corrected chi connectivity index (χ0v) is 14.6. The summed E-state index contributed by atoms with van der Waals surface area (Å²) in [5, 5.41) is 3.37. The van der Waals surface area contributed by atoms with Crippen LogP contribution in [-0.2, 0) is 6.54 Å². The largest absolute Gasteiger partial charge is 0.433 e. The molecule has 0 aliphatic carbocycles. The molecule has 1 atom stereocenters. The number of nitrogens with one attached hydrogen (secondary N) is 1. The molecule has 0 radical (unpaired) electrons. The van der Waals surface area contributed by atoms with Crippen LogP contribution in [0.15, 0.2) is 22.7 Å². The van der Waals surface area contributed by atoms with Crippen LogP contribution in [0.3, 0.4) is 0 Å². The summed E-state index contributed by atoms with van der Waals surface area (Å²) < 4.78 is 30.5. The lowest BCUT2D eigenvalue weighted by molar-refractivity contribution is -0.0512. The number of rotatable bonds is 5. The fraction of sp³-hybridized carbons (Fsp3) is 0.625. The quantitative estimate of drug-likeness (QED) is 0.837. The first-order valence-electron chi connectivity index (χ1n) is 8.03. The van der Waals surface area contributed by atoms with Gasteiger partial charge in [0.15, 0.2) is 0 Å². The minimum atomic E-state index is -2.81. The molecule has 2 aliphatic rings. The van der Waals surface area contributed by atoms with E-state index in [1.165, 1.54) is 0 Å². The Bertz CT molecular complexity index is 526. The standard InChI is InChI=1S/C16H22BrF2N3O/c17-14-3-1-2-12(15(14)23-16(18)19)10-21-7-4-13(11-21)22-8-5-20-6-9-22/h1-3,13,16,20H,4-11H2. The molecule has 2 heterocycles. The lowest BCUT2D eigenvalue weighted by Crippen LogP contribution is -2.49. The highest BCUT2D eigenvalue weighted by molar-refractivity contribution is 9.10. The molecule has 0 saturated carbocycles. The summed E-state index contributed by atoms with van der Waals surface area (Å²) in [6, 6.07) is 6.03. The average molecular weight is 390 g/mol. The van der Waals surface area contributed by atoms with Gasteiger partial charge in [0, 0.05) is 57.4 Å². The summed E-state index contributed by atoms with van der Waals surface area (Å²) in [7, 11) is 0. The van der Waals surface area contributed by atoms with Crippen LogP contribution in [0.2, 0.25) is 0 Å². The monoisotopic (exact) mass is 389 g/mol. The molecule has 1 N–H and O–H groups in total. The number of halogens is 3. The van der Waals surface area contributed by atoms with E-state index in [1.54, 1.807) is 6.07 Å². The number of para-hydroxylation sites is 1. The fourth-order valence-corrected chi connectivity index (χ4v) is 3.94. The van der Waals surface area contributed by atoms with E-state index in [-0.39, 0.29) is 5.75 Å². The van der Waals surface area contributed by atoms with Gasteiger partial charge in [-0.1, -0.05) is 12.1 Å². The number of ether oxygens (including phenoxy) is 1. The Morgan fingerprint density at radius 3 is 2.78 bits per heavy atom. The van der Waals surface area contributed by atoms with Crippen molar-refractivity contribution >= 4 is 15.9 Å². The van der Waals surface area contributed by atoms with Gasteiger partial charge in [0.05, 0.1) is 4.47 Å². The molecule has 7 heteroatoms. The van der Waals surface area contributed by atoms with Crippen molar-refractivity contribution in [3.63, 3.8) is 0 Å². The van der Waals surface area contributed by atoms with Gasteiger partial charge in [-0.25, -0.2) is 0 Å². The maximum atomic E-state index is 12.6. The van der Waals surface area contributed by atoms with Gasteiger partial charge in [-0.3, -0.25) is 9.80 Å². The molecule has 0 aromatic heterocycles. The number of hydrogen-bond acceptors (Lipinski definition) is 4. The van der Waals surface area contributed by atoms with Crippen molar-refractivity contribution in [1.82, 2.24) is 15.1 Å². The highest BCUT2D eigenvalue weighted by Crippen LogP contribution is 2.32. The van der Waals surface area contributed by atoms with E-state index in [9.17, 15) is 8.78 Å². The summed E-state index contributed by atoms with van der Waals surface area (Å²) in [4.78, 5) is 4.86. The highest BCUT2D eigenvalue weighted by atomic mass is 79.9. The molecule has 2 saturated heterocycles. The number of likely N-dealkylation sites (tertiary alicyclic amines) is 1. The average Bonchev–Trinajstić information content (AvgIpc) is 3.00. The normalized spacial score (nSPS) is 23.6. The molecule has 2 aliphatic heterocycles. The van der Waals surface area contributed by atoms with Crippen molar-refractivity contribution in [3.8, 4) is 5.75 Å². The molecule has 0 amide bonds. The van der Waals surface area contributed by atoms with Gasteiger partial charge >= 0.3 is 6.61 Å². The van der Waals surface area contributed by atoms with Gasteiger partial charge in [-0.2, -0.15) is 8.78 Å². The molecule has 4 nitrogen and oxygen atoms in total. The van der Waals surface area contributed by atoms with E-state index in [2.05, 4.69) is 31.0 Å². The van der Waals surface area contributed by atoms with Crippen LogP contribution in [0, 0.1) is 0 Å². The molecular formula is C16H22BrF2N3O. The van der Waals surface area contributed by atoms with Crippen LogP contribution >= 0.6 is 15.9 Å². The SMILES string of the molecule is FC(F)Oc1c(Br)cccc1CN1CCC(N2CCNCC2)C1. The first kappa shape index (κ1) is 17.1. The number of hydrogen-bond donors (Lipinski definition) is 1. The smallest absolute Gasteiger partial charge is 0.387 e. The molecule has 1 unspecified atom stereocenters. The second kappa shape index (κ2) is 7.88. The summed E-state index contributed by atoms with van der Waals surface area (Å²) in [6.45, 7) is 4.10. The van der Waals surface area contributed by atoms with Gasteiger partial charge in [0.2, 0.25) is 0 Å². The Balaban J connectivity index is 1.63. The molecule has 2 fully saturated rings. The second-order valence-corrected chi connectivity index (χ2v) is 6.92. The van der Waals surface area contributed by atoms with Crippen LogP contribution in [-0.4, -0.2) is 61.7 Å². The molecule has 3 rings (SSSR count). The molecule has 1 aromatic carbocycles. The summed E-state index contributed by atoms with van der Waals surface area (Å²) in [5.74, 6) is 0.258. The van der Waals surface area contributed by atoms with E-state index < -0.39 is 6.61 Å². The number of nitrogens with zero attached hydrogens (tertiary/aromatic N) is 2. The minimum absolute atomic E-state index is 0.258. The van der Waals surface area contributed by atoms with Crippen LogP contribution in [0.5, 0.6) is 5.75 Å². The Hall–Kier alpha value is -0.760. The third-order valence-corrected chi connectivity index (χ3v) is 5.19. The van der Waals surface area contributed by atoms with Crippen molar-refractivity contribution < 1.29 is 13.5 Å². The molecule has 23 heavy (non-hydrogen) atoms. The van der Waals surface area contributed by atoms with Crippen molar-refractivity contribution in [2.45, 2.75) is 25.6 Å².